The van der Waals surface area contributed by atoms with Crippen molar-refractivity contribution in [2.75, 3.05) is 12.4 Å². The Morgan fingerprint density at radius 2 is 2.17 bits per heavy atom. The van der Waals surface area contributed by atoms with Crippen LogP contribution in [-0.2, 0) is 9.59 Å². The van der Waals surface area contributed by atoms with Gasteiger partial charge in [0.15, 0.2) is 0 Å². The second-order valence-electron chi connectivity index (χ2n) is 4.47. The zero-order chi connectivity index (χ0) is 13.8. The van der Waals surface area contributed by atoms with Gasteiger partial charge in [0.2, 0.25) is 11.8 Å². The minimum absolute atomic E-state index is 0.125. The standard InChI is InChI=1S/C12H16N2O4/c1-12(2,11(16)17)7-9(15)14-8-5-4-6-13-10(8)18-3/h4-6H,7H2,1-3H3,(H,14,15)(H,16,17). The monoisotopic (exact) mass is 252 g/mol. The number of carboxylic acid groups (broad SMARTS) is 1. The third-order valence-corrected chi connectivity index (χ3v) is 2.42. The molecular formula is C12H16N2O4. The van der Waals surface area contributed by atoms with Gasteiger partial charge in [-0.2, -0.15) is 0 Å². The fraction of sp³-hybridized carbons (Fsp3) is 0.417. The Labute approximate surface area is 105 Å². The summed E-state index contributed by atoms with van der Waals surface area (Å²) in [6.07, 6.45) is 1.41. The van der Waals surface area contributed by atoms with E-state index in [1.807, 2.05) is 0 Å². The summed E-state index contributed by atoms with van der Waals surface area (Å²) in [4.78, 5) is 26.6. The van der Waals surface area contributed by atoms with E-state index in [1.54, 1.807) is 12.1 Å². The molecule has 6 nitrogen and oxygen atoms in total. The van der Waals surface area contributed by atoms with Gasteiger partial charge in [-0.05, 0) is 26.0 Å². The van der Waals surface area contributed by atoms with Gasteiger partial charge in [0.1, 0.15) is 5.69 Å². The van der Waals surface area contributed by atoms with Gasteiger partial charge in [-0.15, -0.1) is 0 Å². The molecule has 0 radical (unpaired) electrons. The number of carbonyl (C=O) groups is 2. The normalized spacial score (nSPS) is 10.8. The van der Waals surface area contributed by atoms with Crippen molar-refractivity contribution < 1.29 is 19.4 Å². The number of hydrogen-bond acceptors (Lipinski definition) is 4. The van der Waals surface area contributed by atoms with Gasteiger partial charge >= 0.3 is 5.97 Å². The predicted molar refractivity (Wildman–Crippen MR) is 65.5 cm³/mol. The number of anilines is 1. The number of carboxylic acids is 1. The molecular weight excluding hydrogens is 236 g/mol. The lowest BCUT2D eigenvalue weighted by Crippen LogP contribution is -2.29. The first kappa shape index (κ1) is 14.0. The molecule has 0 aliphatic heterocycles. The smallest absolute Gasteiger partial charge is 0.309 e. The van der Waals surface area contributed by atoms with Gasteiger partial charge in [0.25, 0.3) is 0 Å². The van der Waals surface area contributed by atoms with E-state index < -0.39 is 17.3 Å². The summed E-state index contributed by atoms with van der Waals surface area (Å²) in [5.74, 6) is -1.12. The number of amides is 1. The molecule has 1 rings (SSSR count). The number of nitrogens with zero attached hydrogens (tertiary/aromatic N) is 1. The van der Waals surface area contributed by atoms with Crippen LogP contribution in [0.3, 0.4) is 0 Å². The van der Waals surface area contributed by atoms with Gasteiger partial charge in [-0.1, -0.05) is 0 Å². The lowest BCUT2D eigenvalue weighted by Gasteiger charge is -2.18. The van der Waals surface area contributed by atoms with Crippen molar-refractivity contribution in [2.45, 2.75) is 20.3 Å². The van der Waals surface area contributed by atoms with Crippen LogP contribution in [0.5, 0.6) is 5.88 Å². The second-order valence-corrected chi connectivity index (χ2v) is 4.47. The number of nitrogens with one attached hydrogen (secondary N) is 1. The molecule has 0 fully saturated rings. The summed E-state index contributed by atoms with van der Waals surface area (Å²) in [5.41, 5.74) is -0.689. The minimum atomic E-state index is -1.11. The molecule has 0 saturated carbocycles. The molecule has 0 aliphatic rings. The fourth-order valence-electron chi connectivity index (χ4n) is 1.32. The largest absolute Gasteiger partial charge is 0.481 e. The number of ether oxygens (including phenoxy) is 1. The van der Waals surface area contributed by atoms with Crippen LogP contribution in [0.15, 0.2) is 18.3 Å². The summed E-state index contributed by atoms with van der Waals surface area (Å²) in [7, 11) is 1.44. The lowest BCUT2D eigenvalue weighted by molar-refractivity contribution is -0.148. The average molecular weight is 252 g/mol. The Hall–Kier alpha value is -2.11. The molecule has 0 bridgehead atoms. The van der Waals surface area contributed by atoms with Crippen molar-refractivity contribution in [1.82, 2.24) is 4.98 Å². The van der Waals surface area contributed by atoms with Crippen LogP contribution < -0.4 is 10.1 Å². The van der Waals surface area contributed by atoms with Gasteiger partial charge in [-0.25, -0.2) is 4.98 Å². The Bertz CT molecular complexity index is 457. The highest BCUT2D eigenvalue weighted by Gasteiger charge is 2.30. The van der Waals surface area contributed by atoms with Crippen molar-refractivity contribution in [2.24, 2.45) is 5.41 Å². The molecule has 2 N–H and O–H groups in total. The molecule has 0 saturated heterocycles. The first-order valence-corrected chi connectivity index (χ1v) is 5.39. The highest BCUT2D eigenvalue weighted by Crippen LogP contribution is 2.24. The fourth-order valence-corrected chi connectivity index (χ4v) is 1.32. The third kappa shape index (κ3) is 3.44. The molecule has 1 aromatic heterocycles. The highest BCUT2D eigenvalue weighted by atomic mass is 16.5. The molecule has 0 unspecified atom stereocenters. The first-order valence-electron chi connectivity index (χ1n) is 5.39. The highest BCUT2D eigenvalue weighted by molar-refractivity contribution is 5.94. The van der Waals surface area contributed by atoms with Crippen molar-refractivity contribution in [3.63, 3.8) is 0 Å². The van der Waals surface area contributed by atoms with Crippen molar-refractivity contribution in [3.05, 3.63) is 18.3 Å². The number of aliphatic carboxylic acids is 1. The Balaban J connectivity index is 2.74. The Kier molecular flexibility index (Phi) is 4.25. The van der Waals surface area contributed by atoms with E-state index >= 15 is 0 Å². The van der Waals surface area contributed by atoms with E-state index in [4.69, 9.17) is 9.84 Å². The molecule has 0 spiro atoms. The maximum Gasteiger partial charge on any atom is 0.309 e. The van der Waals surface area contributed by atoms with Crippen molar-refractivity contribution in [1.29, 1.82) is 0 Å². The number of pyridine rings is 1. The average Bonchev–Trinajstić information content (AvgIpc) is 2.28. The molecule has 0 aromatic carbocycles. The van der Waals surface area contributed by atoms with E-state index in [9.17, 15) is 9.59 Å². The number of aromatic nitrogens is 1. The zero-order valence-corrected chi connectivity index (χ0v) is 10.6. The Morgan fingerprint density at radius 3 is 2.72 bits per heavy atom. The molecule has 98 valence electrons. The zero-order valence-electron chi connectivity index (χ0n) is 10.6. The number of carbonyl (C=O) groups excluding carboxylic acids is 1. The molecule has 6 heteroatoms. The predicted octanol–water partition coefficient (Wildman–Crippen LogP) is 1.53. The van der Waals surface area contributed by atoms with Gasteiger partial charge in [0, 0.05) is 12.6 Å². The van der Waals surface area contributed by atoms with E-state index in [1.165, 1.54) is 27.2 Å². The SMILES string of the molecule is COc1ncccc1NC(=O)CC(C)(C)C(=O)O. The molecule has 0 aliphatic carbocycles. The van der Waals surface area contributed by atoms with Crippen LogP contribution in [-0.4, -0.2) is 29.1 Å². The topological polar surface area (TPSA) is 88.5 Å². The summed E-state index contributed by atoms with van der Waals surface area (Å²) < 4.78 is 4.98. The van der Waals surface area contributed by atoms with Crippen molar-refractivity contribution >= 4 is 17.6 Å². The third-order valence-electron chi connectivity index (χ3n) is 2.42. The molecule has 18 heavy (non-hydrogen) atoms. The summed E-state index contributed by atoms with van der Waals surface area (Å²) in [6.45, 7) is 2.99. The number of methoxy groups -OCH3 is 1. The van der Waals surface area contributed by atoms with Crippen molar-refractivity contribution in [3.8, 4) is 5.88 Å². The van der Waals surface area contributed by atoms with E-state index in [-0.39, 0.29) is 6.42 Å². The van der Waals surface area contributed by atoms with Crippen LogP contribution in [0.2, 0.25) is 0 Å². The van der Waals surface area contributed by atoms with Crippen LogP contribution >= 0.6 is 0 Å². The second kappa shape index (κ2) is 5.48. The molecule has 1 heterocycles. The van der Waals surface area contributed by atoms with E-state index in [0.29, 0.717) is 11.6 Å². The van der Waals surface area contributed by atoms with Crippen LogP contribution in [0.25, 0.3) is 0 Å². The quantitative estimate of drug-likeness (QED) is 0.829. The van der Waals surface area contributed by atoms with Crippen LogP contribution in [0, 0.1) is 5.41 Å². The van der Waals surface area contributed by atoms with Gasteiger partial charge < -0.3 is 15.2 Å². The first-order chi connectivity index (χ1) is 8.36. The molecule has 0 atom stereocenters. The Morgan fingerprint density at radius 1 is 1.50 bits per heavy atom. The summed E-state index contributed by atoms with van der Waals surface area (Å²) in [5, 5.41) is 11.5. The maximum atomic E-state index is 11.7. The summed E-state index contributed by atoms with van der Waals surface area (Å²) >= 11 is 0. The van der Waals surface area contributed by atoms with Gasteiger partial charge in [-0.3, -0.25) is 9.59 Å². The van der Waals surface area contributed by atoms with Crippen LogP contribution in [0.4, 0.5) is 5.69 Å². The maximum absolute atomic E-state index is 11.7. The van der Waals surface area contributed by atoms with E-state index in [0.717, 1.165) is 0 Å². The van der Waals surface area contributed by atoms with Gasteiger partial charge in [0.05, 0.1) is 12.5 Å². The number of rotatable bonds is 5. The van der Waals surface area contributed by atoms with Crippen LogP contribution in [0.1, 0.15) is 20.3 Å². The lowest BCUT2D eigenvalue weighted by atomic mass is 9.89. The molecule has 1 amide bonds. The summed E-state index contributed by atoms with van der Waals surface area (Å²) in [6, 6.07) is 3.29. The minimum Gasteiger partial charge on any atom is -0.481 e. The van der Waals surface area contributed by atoms with E-state index in [2.05, 4.69) is 10.3 Å². The number of hydrogen-bond donors (Lipinski definition) is 2. The molecule has 1 aromatic rings.